The van der Waals surface area contributed by atoms with Crippen molar-refractivity contribution >= 4 is 15.9 Å². The molecular formula is C15H22N2O3S. The van der Waals surface area contributed by atoms with E-state index in [9.17, 15) is 13.2 Å². The maximum absolute atomic E-state index is 12.4. The fourth-order valence-electron chi connectivity index (χ4n) is 2.19. The lowest BCUT2D eigenvalue weighted by atomic mass is 10.2. The Morgan fingerprint density at radius 2 is 1.90 bits per heavy atom. The zero-order valence-corrected chi connectivity index (χ0v) is 13.5. The quantitative estimate of drug-likeness (QED) is 0.866. The van der Waals surface area contributed by atoms with Gasteiger partial charge in [0, 0.05) is 13.1 Å². The molecule has 1 N–H and O–H groups in total. The molecule has 1 saturated carbocycles. The standard InChI is InChI=1S/C15H22N2O3S/c1-11-4-8-14(9-5-11)21(19,20)17(3)10-15(18)16-12(2)13-6-7-13/h4-5,8-9,12-13H,6-7,10H2,1-3H3,(H,16,18). The summed E-state index contributed by atoms with van der Waals surface area (Å²) < 4.78 is 25.8. The van der Waals surface area contributed by atoms with E-state index in [-0.39, 0.29) is 23.4 Å². The van der Waals surface area contributed by atoms with Crippen LogP contribution in [0.4, 0.5) is 0 Å². The van der Waals surface area contributed by atoms with E-state index >= 15 is 0 Å². The first kappa shape index (κ1) is 16.0. The van der Waals surface area contributed by atoms with Crippen molar-refractivity contribution in [2.75, 3.05) is 13.6 Å². The first-order chi connectivity index (χ1) is 9.80. The predicted molar refractivity (Wildman–Crippen MR) is 81.3 cm³/mol. The molecule has 0 radical (unpaired) electrons. The molecule has 0 spiro atoms. The number of carbonyl (C=O) groups is 1. The van der Waals surface area contributed by atoms with Crippen molar-refractivity contribution in [2.24, 2.45) is 5.92 Å². The molecule has 1 aromatic carbocycles. The summed E-state index contributed by atoms with van der Waals surface area (Å²) in [6.07, 6.45) is 2.28. The van der Waals surface area contributed by atoms with E-state index in [1.54, 1.807) is 24.3 Å². The zero-order valence-electron chi connectivity index (χ0n) is 12.7. The number of hydrogen-bond acceptors (Lipinski definition) is 3. The molecule has 1 aliphatic carbocycles. The van der Waals surface area contributed by atoms with Crippen molar-refractivity contribution in [1.29, 1.82) is 0 Å². The van der Waals surface area contributed by atoms with E-state index in [4.69, 9.17) is 0 Å². The molecule has 1 aliphatic rings. The number of likely N-dealkylation sites (N-methyl/N-ethyl adjacent to an activating group) is 1. The Morgan fingerprint density at radius 1 is 1.33 bits per heavy atom. The molecule has 1 atom stereocenters. The highest BCUT2D eigenvalue weighted by atomic mass is 32.2. The minimum atomic E-state index is -3.62. The molecule has 1 unspecified atom stereocenters. The van der Waals surface area contributed by atoms with E-state index < -0.39 is 10.0 Å². The first-order valence-electron chi connectivity index (χ1n) is 7.13. The number of hydrogen-bond donors (Lipinski definition) is 1. The Hall–Kier alpha value is -1.40. The molecule has 116 valence electrons. The topological polar surface area (TPSA) is 66.5 Å². The lowest BCUT2D eigenvalue weighted by molar-refractivity contribution is -0.121. The van der Waals surface area contributed by atoms with Crippen LogP contribution in [0.5, 0.6) is 0 Å². The molecule has 0 heterocycles. The minimum Gasteiger partial charge on any atom is -0.352 e. The van der Waals surface area contributed by atoms with Gasteiger partial charge in [0.15, 0.2) is 0 Å². The Balaban J connectivity index is 1.99. The second kappa shape index (κ2) is 6.15. The highest BCUT2D eigenvalue weighted by Gasteiger charge is 2.30. The van der Waals surface area contributed by atoms with Gasteiger partial charge in [-0.1, -0.05) is 17.7 Å². The molecule has 1 amide bonds. The highest BCUT2D eigenvalue weighted by Crippen LogP contribution is 2.32. The molecule has 6 heteroatoms. The third-order valence-corrected chi connectivity index (χ3v) is 5.63. The first-order valence-corrected chi connectivity index (χ1v) is 8.57. The van der Waals surface area contributed by atoms with Gasteiger partial charge >= 0.3 is 0 Å². The van der Waals surface area contributed by atoms with E-state index in [1.165, 1.54) is 7.05 Å². The monoisotopic (exact) mass is 310 g/mol. The van der Waals surface area contributed by atoms with Crippen LogP contribution in [0.3, 0.4) is 0 Å². The molecule has 0 bridgehead atoms. The van der Waals surface area contributed by atoms with Crippen LogP contribution in [-0.2, 0) is 14.8 Å². The Labute approximate surface area is 126 Å². The van der Waals surface area contributed by atoms with Gasteiger partial charge in [0.25, 0.3) is 0 Å². The van der Waals surface area contributed by atoms with Gasteiger partial charge in [0.2, 0.25) is 15.9 Å². The van der Waals surface area contributed by atoms with Crippen LogP contribution >= 0.6 is 0 Å². The van der Waals surface area contributed by atoms with Crippen molar-refractivity contribution in [3.05, 3.63) is 29.8 Å². The van der Waals surface area contributed by atoms with Gasteiger partial charge in [0.05, 0.1) is 11.4 Å². The summed E-state index contributed by atoms with van der Waals surface area (Å²) in [5.74, 6) is 0.292. The SMILES string of the molecule is Cc1ccc(S(=O)(=O)N(C)CC(=O)NC(C)C2CC2)cc1. The molecule has 1 fully saturated rings. The molecule has 1 aromatic rings. The summed E-state index contributed by atoms with van der Waals surface area (Å²) in [7, 11) is -2.19. The van der Waals surface area contributed by atoms with Crippen LogP contribution in [-0.4, -0.2) is 38.3 Å². The van der Waals surface area contributed by atoms with E-state index in [0.717, 1.165) is 22.7 Å². The van der Waals surface area contributed by atoms with Crippen LogP contribution in [0.25, 0.3) is 0 Å². The van der Waals surface area contributed by atoms with Gasteiger partial charge < -0.3 is 5.32 Å². The maximum atomic E-state index is 12.4. The van der Waals surface area contributed by atoms with E-state index in [2.05, 4.69) is 5.32 Å². The van der Waals surface area contributed by atoms with Crippen molar-refractivity contribution < 1.29 is 13.2 Å². The van der Waals surface area contributed by atoms with Crippen LogP contribution < -0.4 is 5.32 Å². The van der Waals surface area contributed by atoms with Crippen molar-refractivity contribution in [3.8, 4) is 0 Å². The molecule has 0 aromatic heterocycles. The lowest BCUT2D eigenvalue weighted by Gasteiger charge is -2.19. The predicted octanol–water partition coefficient (Wildman–Crippen LogP) is 1.53. The lowest BCUT2D eigenvalue weighted by Crippen LogP contribution is -2.42. The van der Waals surface area contributed by atoms with Crippen molar-refractivity contribution in [2.45, 2.75) is 37.6 Å². The average Bonchev–Trinajstić information content (AvgIpc) is 3.23. The second-order valence-corrected chi connectivity index (χ2v) is 7.81. The van der Waals surface area contributed by atoms with Gasteiger partial charge in [-0.3, -0.25) is 4.79 Å². The summed E-state index contributed by atoms with van der Waals surface area (Å²) in [5, 5.41) is 2.86. The maximum Gasteiger partial charge on any atom is 0.243 e. The minimum absolute atomic E-state index is 0.118. The average molecular weight is 310 g/mol. The third kappa shape index (κ3) is 4.04. The van der Waals surface area contributed by atoms with Gasteiger partial charge in [-0.25, -0.2) is 8.42 Å². The Kier molecular flexibility index (Phi) is 4.68. The normalized spacial score (nSPS) is 16.8. The number of nitrogens with one attached hydrogen (secondary N) is 1. The number of sulfonamides is 1. The van der Waals surface area contributed by atoms with Crippen molar-refractivity contribution in [3.63, 3.8) is 0 Å². The molecular weight excluding hydrogens is 288 g/mol. The van der Waals surface area contributed by atoms with Gasteiger partial charge in [0.1, 0.15) is 0 Å². The van der Waals surface area contributed by atoms with Crippen molar-refractivity contribution in [1.82, 2.24) is 9.62 Å². The second-order valence-electron chi connectivity index (χ2n) is 5.77. The fourth-order valence-corrected chi connectivity index (χ4v) is 3.32. The smallest absolute Gasteiger partial charge is 0.243 e. The molecule has 0 saturated heterocycles. The fraction of sp³-hybridized carbons (Fsp3) is 0.533. The van der Waals surface area contributed by atoms with Crippen LogP contribution in [0.2, 0.25) is 0 Å². The van der Waals surface area contributed by atoms with Crippen LogP contribution in [0.15, 0.2) is 29.2 Å². The number of amides is 1. The van der Waals surface area contributed by atoms with Crippen LogP contribution in [0.1, 0.15) is 25.3 Å². The zero-order chi connectivity index (χ0) is 15.6. The van der Waals surface area contributed by atoms with Gasteiger partial charge in [-0.05, 0) is 44.7 Å². The number of rotatable bonds is 6. The van der Waals surface area contributed by atoms with E-state index in [1.807, 2.05) is 13.8 Å². The number of aryl methyl sites for hydroxylation is 1. The van der Waals surface area contributed by atoms with E-state index in [0.29, 0.717) is 5.92 Å². The third-order valence-electron chi connectivity index (χ3n) is 3.81. The van der Waals surface area contributed by atoms with Gasteiger partial charge in [-0.15, -0.1) is 0 Å². The number of carbonyl (C=O) groups excluding carboxylic acids is 1. The van der Waals surface area contributed by atoms with Crippen LogP contribution in [0, 0.1) is 12.8 Å². The Bertz CT molecular complexity index is 606. The summed E-state index contributed by atoms with van der Waals surface area (Å²) >= 11 is 0. The highest BCUT2D eigenvalue weighted by molar-refractivity contribution is 7.89. The summed E-state index contributed by atoms with van der Waals surface area (Å²) in [4.78, 5) is 12.1. The summed E-state index contributed by atoms with van der Waals surface area (Å²) in [6.45, 7) is 3.70. The number of nitrogens with zero attached hydrogens (tertiary/aromatic N) is 1. The largest absolute Gasteiger partial charge is 0.352 e. The summed E-state index contributed by atoms with van der Waals surface area (Å²) in [6, 6.07) is 6.73. The molecule has 5 nitrogen and oxygen atoms in total. The molecule has 21 heavy (non-hydrogen) atoms. The Morgan fingerprint density at radius 3 is 2.43 bits per heavy atom. The molecule has 2 rings (SSSR count). The summed E-state index contributed by atoms with van der Waals surface area (Å²) in [5.41, 5.74) is 0.993. The van der Waals surface area contributed by atoms with Gasteiger partial charge in [-0.2, -0.15) is 4.31 Å². The number of benzene rings is 1. The molecule has 0 aliphatic heterocycles.